The molecule has 1 aliphatic carbocycles. The number of likely N-dealkylation sites (tertiary alicyclic amines) is 1. The Morgan fingerprint density at radius 3 is 2.79 bits per heavy atom. The van der Waals surface area contributed by atoms with Gasteiger partial charge in [0.2, 0.25) is 0 Å². The summed E-state index contributed by atoms with van der Waals surface area (Å²) in [5, 5.41) is 0. The van der Waals surface area contributed by atoms with Crippen molar-refractivity contribution in [1.29, 1.82) is 0 Å². The monoisotopic (exact) mass is 323 g/mol. The molecule has 3 nitrogen and oxygen atoms in total. The number of rotatable bonds is 3. The van der Waals surface area contributed by atoms with Crippen LogP contribution in [-0.4, -0.2) is 35.4 Å². The molecule has 1 aliphatic heterocycles. The van der Waals surface area contributed by atoms with E-state index >= 15 is 0 Å². The van der Waals surface area contributed by atoms with Crippen molar-refractivity contribution in [3.63, 3.8) is 0 Å². The highest BCUT2D eigenvalue weighted by atomic mass is 79.9. The van der Waals surface area contributed by atoms with Crippen LogP contribution in [0.4, 0.5) is 0 Å². The van der Waals surface area contributed by atoms with Gasteiger partial charge in [-0.3, -0.25) is 9.69 Å². The van der Waals surface area contributed by atoms with Crippen LogP contribution in [-0.2, 0) is 16.1 Å². The molecule has 0 spiro atoms. The van der Waals surface area contributed by atoms with Crippen LogP contribution >= 0.6 is 15.9 Å². The van der Waals surface area contributed by atoms with E-state index < -0.39 is 0 Å². The Morgan fingerprint density at radius 2 is 2.16 bits per heavy atom. The summed E-state index contributed by atoms with van der Waals surface area (Å²) in [5.74, 6) is 0.532. The average molecular weight is 324 g/mol. The van der Waals surface area contributed by atoms with E-state index in [4.69, 9.17) is 4.74 Å². The van der Waals surface area contributed by atoms with Crippen molar-refractivity contribution < 1.29 is 9.53 Å². The van der Waals surface area contributed by atoms with E-state index in [1.54, 1.807) is 0 Å². The third kappa shape index (κ3) is 2.32. The SMILES string of the molecule is COC(=O)C1CC2CN(Cc3ccccc3)C1C2Br. The van der Waals surface area contributed by atoms with Gasteiger partial charge in [0.1, 0.15) is 0 Å². The smallest absolute Gasteiger partial charge is 0.310 e. The molecule has 3 rings (SSSR count). The second-order valence-electron chi connectivity index (χ2n) is 5.48. The number of carbonyl (C=O) groups excluding carboxylic acids is 1. The standard InChI is InChI=1S/C15H18BrNO2/c1-19-15(18)12-7-11-9-17(14(12)13(11)16)8-10-5-3-2-4-6-10/h2-6,11-14H,7-9H2,1H3. The van der Waals surface area contributed by atoms with Crippen LogP contribution in [0.3, 0.4) is 0 Å². The second kappa shape index (κ2) is 5.25. The fourth-order valence-corrected chi connectivity index (χ4v) is 4.61. The van der Waals surface area contributed by atoms with Gasteiger partial charge in [0.15, 0.2) is 0 Å². The van der Waals surface area contributed by atoms with Crippen molar-refractivity contribution in [3.05, 3.63) is 35.9 Å². The lowest BCUT2D eigenvalue weighted by Crippen LogP contribution is -2.42. The highest BCUT2D eigenvalue weighted by Gasteiger charge is 2.54. The maximum atomic E-state index is 11.9. The Labute approximate surface area is 122 Å². The lowest BCUT2D eigenvalue weighted by molar-refractivity contribution is -0.148. The minimum Gasteiger partial charge on any atom is -0.469 e. The van der Waals surface area contributed by atoms with Gasteiger partial charge in [-0.1, -0.05) is 46.3 Å². The zero-order valence-electron chi connectivity index (χ0n) is 11.0. The predicted octanol–water partition coefficient (Wildman–Crippen LogP) is 2.44. The molecule has 0 amide bonds. The van der Waals surface area contributed by atoms with Crippen molar-refractivity contribution in [2.75, 3.05) is 13.7 Å². The van der Waals surface area contributed by atoms with Crippen LogP contribution in [0.2, 0.25) is 0 Å². The molecule has 1 saturated heterocycles. The number of nitrogens with zero attached hydrogens (tertiary/aromatic N) is 1. The van der Waals surface area contributed by atoms with Gasteiger partial charge in [-0.05, 0) is 17.9 Å². The van der Waals surface area contributed by atoms with Crippen LogP contribution in [0.1, 0.15) is 12.0 Å². The molecule has 19 heavy (non-hydrogen) atoms. The molecule has 1 aromatic carbocycles. The first-order chi connectivity index (χ1) is 9.20. The molecule has 102 valence electrons. The van der Waals surface area contributed by atoms with E-state index in [-0.39, 0.29) is 17.9 Å². The highest BCUT2D eigenvalue weighted by Crippen LogP contribution is 2.46. The van der Waals surface area contributed by atoms with Gasteiger partial charge in [0.05, 0.1) is 13.0 Å². The normalized spacial score (nSPS) is 33.6. The van der Waals surface area contributed by atoms with Gasteiger partial charge in [-0.15, -0.1) is 0 Å². The highest BCUT2D eigenvalue weighted by molar-refractivity contribution is 9.09. The van der Waals surface area contributed by atoms with E-state index in [9.17, 15) is 4.79 Å². The maximum absolute atomic E-state index is 11.9. The van der Waals surface area contributed by atoms with Crippen molar-refractivity contribution in [2.24, 2.45) is 11.8 Å². The van der Waals surface area contributed by atoms with E-state index in [1.165, 1.54) is 12.7 Å². The number of hydrogen-bond acceptors (Lipinski definition) is 3. The third-order valence-electron chi connectivity index (χ3n) is 4.37. The van der Waals surface area contributed by atoms with Crippen molar-refractivity contribution in [1.82, 2.24) is 4.90 Å². The van der Waals surface area contributed by atoms with Gasteiger partial charge in [0, 0.05) is 24.0 Å². The van der Waals surface area contributed by atoms with Gasteiger partial charge in [0.25, 0.3) is 0 Å². The summed E-state index contributed by atoms with van der Waals surface area (Å²) in [6.45, 7) is 1.99. The average Bonchev–Trinajstić information content (AvgIpc) is 2.91. The lowest BCUT2D eigenvalue weighted by atomic mass is 9.98. The molecule has 1 heterocycles. The molecule has 2 aliphatic rings. The summed E-state index contributed by atoms with van der Waals surface area (Å²) in [6, 6.07) is 10.7. The van der Waals surface area contributed by atoms with Gasteiger partial charge < -0.3 is 4.74 Å². The number of benzene rings is 1. The molecule has 4 atom stereocenters. The first-order valence-electron chi connectivity index (χ1n) is 6.70. The molecule has 0 radical (unpaired) electrons. The Kier molecular flexibility index (Phi) is 3.63. The summed E-state index contributed by atoms with van der Waals surface area (Å²) >= 11 is 3.77. The second-order valence-corrected chi connectivity index (χ2v) is 6.53. The number of halogens is 1. The molecule has 4 heteroatoms. The first-order valence-corrected chi connectivity index (χ1v) is 7.62. The zero-order chi connectivity index (χ0) is 13.4. The molecule has 0 aromatic heterocycles. The van der Waals surface area contributed by atoms with Crippen LogP contribution in [0.15, 0.2) is 30.3 Å². The van der Waals surface area contributed by atoms with Crippen molar-refractivity contribution in [2.45, 2.75) is 23.8 Å². The quantitative estimate of drug-likeness (QED) is 0.632. The molecule has 2 bridgehead atoms. The third-order valence-corrected chi connectivity index (χ3v) is 5.66. The van der Waals surface area contributed by atoms with Crippen LogP contribution in [0.5, 0.6) is 0 Å². The molecular formula is C15H18BrNO2. The summed E-state index contributed by atoms with van der Waals surface area (Å²) in [6.07, 6.45) is 0.957. The van der Waals surface area contributed by atoms with Crippen LogP contribution < -0.4 is 0 Å². The summed E-state index contributed by atoms with van der Waals surface area (Å²) < 4.78 is 4.95. The Balaban J connectivity index is 1.76. The van der Waals surface area contributed by atoms with Gasteiger partial charge >= 0.3 is 5.97 Å². The van der Waals surface area contributed by atoms with Crippen molar-refractivity contribution >= 4 is 21.9 Å². The number of ether oxygens (including phenoxy) is 1. The fraction of sp³-hybridized carbons (Fsp3) is 0.533. The Morgan fingerprint density at radius 1 is 1.42 bits per heavy atom. The maximum Gasteiger partial charge on any atom is 0.310 e. The van der Waals surface area contributed by atoms with Crippen molar-refractivity contribution in [3.8, 4) is 0 Å². The largest absolute Gasteiger partial charge is 0.469 e. The number of alkyl halides is 1. The van der Waals surface area contributed by atoms with E-state index in [1.807, 2.05) is 6.07 Å². The van der Waals surface area contributed by atoms with Crippen LogP contribution in [0, 0.1) is 11.8 Å². The minimum atomic E-state index is -0.0605. The molecule has 0 N–H and O–H groups in total. The molecule has 1 aromatic rings. The van der Waals surface area contributed by atoms with Gasteiger partial charge in [-0.2, -0.15) is 0 Å². The minimum absolute atomic E-state index is 0.0248. The van der Waals surface area contributed by atoms with E-state index in [0.29, 0.717) is 10.7 Å². The molecule has 2 fully saturated rings. The number of fused-ring (bicyclic) bond motifs is 2. The first kappa shape index (κ1) is 13.1. The number of hydrogen-bond donors (Lipinski definition) is 0. The lowest BCUT2D eigenvalue weighted by Gasteiger charge is -2.31. The number of methoxy groups -OCH3 is 1. The number of esters is 1. The van der Waals surface area contributed by atoms with Crippen LogP contribution in [0.25, 0.3) is 0 Å². The van der Waals surface area contributed by atoms with Gasteiger partial charge in [-0.25, -0.2) is 0 Å². The zero-order valence-corrected chi connectivity index (χ0v) is 12.5. The molecular weight excluding hydrogens is 306 g/mol. The number of carbonyl (C=O) groups is 1. The predicted molar refractivity (Wildman–Crippen MR) is 77.0 cm³/mol. The summed E-state index contributed by atoms with van der Waals surface area (Å²) in [5.41, 5.74) is 1.30. The molecule has 1 saturated carbocycles. The van der Waals surface area contributed by atoms with E-state index in [0.717, 1.165) is 19.5 Å². The summed E-state index contributed by atoms with van der Waals surface area (Å²) in [7, 11) is 1.49. The summed E-state index contributed by atoms with van der Waals surface area (Å²) in [4.78, 5) is 14.7. The van der Waals surface area contributed by atoms with E-state index in [2.05, 4.69) is 45.1 Å². The Bertz CT molecular complexity index is 464. The topological polar surface area (TPSA) is 29.5 Å². The number of piperidine rings is 1. The molecule has 4 unspecified atom stereocenters. The Hall–Kier alpha value is -0.870. The fourth-order valence-electron chi connectivity index (χ4n) is 3.53.